The van der Waals surface area contributed by atoms with Gasteiger partial charge in [-0.25, -0.2) is 0 Å². The van der Waals surface area contributed by atoms with Crippen LogP contribution in [0.5, 0.6) is 5.75 Å². The third kappa shape index (κ3) is 5.18. The smallest absolute Gasteiger partial charge is 0.242 e. The first-order chi connectivity index (χ1) is 11.1. The SMILES string of the molecule is COc1ccc(CC(=O)N[C@@H](C)C(=O)NCc2ccco2)cc1. The minimum Gasteiger partial charge on any atom is -0.497 e. The van der Waals surface area contributed by atoms with Gasteiger partial charge in [0.25, 0.3) is 0 Å². The zero-order valence-electron chi connectivity index (χ0n) is 13.2. The zero-order valence-corrected chi connectivity index (χ0v) is 13.2. The van der Waals surface area contributed by atoms with Crippen LogP contribution in [-0.2, 0) is 22.6 Å². The molecule has 1 heterocycles. The van der Waals surface area contributed by atoms with Gasteiger partial charge in [0.05, 0.1) is 26.3 Å². The van der Waals surface area contributed by atoms with E-state index in [0.29, 0.717) is 12.3 Å². The van der Waals surface area contributed by atoms with E-state index in [4.69, 9.17) is 9.15 Å². The van der Waals surface area contributed by atoms with Crippen LogP contribution in [0.25, 0.3) is 0 Å². The van der Waals surface area contributed by atoms with Gasteiger partial charge in [-0.15, -0.1) is 0 Å². The van der Waals surface area contributed by atoms with Crippen molar-refractivity contribution in [2.45, 2.75) is 25.9 Å². The molecule has 2 aromatic rings. The third-order valence-corrected chi connectivity index (χ3v) is 3.31. The van der Waals surface area contributed by atoms with Crippen molar-refractivity contribution >= 4 is 11.8 Å². The van der Waals surface area contributed by atoms with E-state index in [-0.39, 0.29) is 18.2 Å². The number of hydrogen-bond acceptors (Lipinski definition) is 4. The standard InChI is InChI=1S/C17H20N2O4/c1-12(17(21)18-11-15-4-3-9-23-15)19-16(20)10-13-5-7-14(22-2)8-6-13/h3-9,12H,10-11H2,1-2H3,(H,18,21)(H,19,20)/t12-/m0/s1. The van der Waals surface area contributed by atoms with Gasteiger partial charge in [-0.2, -0.15) is 0 Å². The molecule has 1 atom stereocenters. The minimum atomic E-state index is -0.615. The van der Waals surface area contributed by atoms with E-state index in [2.05, 4.69) is 10.6 Å². The van der Waals surface area contributed by atoms with Crippen LogP contribution in [0.3, 0.4) is 0 Å². The van der Waals surface area contributed by atoms with E-state index < -0.39 is 6.04 Å². The Bertz CT molecular complexity index is 635. The zero-order chi connectivity index (χ0) is 16.7. The Balaban J connectivity index is 1.77. The summed E-state index contributed by atoms with van der Waals surface area (Å²) in [6.07, 6.45) is 1.75. The fourth-order valence-electron chi connectivity index (χ4n) is 2.03. The Hall–Kier alpha value is -2.76. The first kappa shape index (κ1) is 16.6. The van der Waals surface area contributed by atoms with E-state index in [1.165, 1.54) is 0 Å². The number of ether oxygens (including phenoxy) is 1. The van der Waals surface area contributed by atoms with E-state index in [0.717, 1.165) is 11.3 Å². The lowest BCUT2D eigenvalue weighted by atomic mass is 10.1. The second-order valence-electron chi connectivity index (χ2n) is 5.11. The Morgan fingerprint density at radius 3 is 2.57 bits per heavy atom. The van der Waals surface area contributed by atoms with Crippen molar-refractivity contribution in [2.24, 2.45) is 0 Å². The molecule has 122 valence electrons. The predicted octanol–water partition coefficient (Wildman–Crippen LogP) is 1.65. The van der Waals surface area contributed by atoms with Crippen molar-refractivity contribution in [3.05, 3.63) is 54.0 Å². The molecule has 0 aliphatic rings. The molecule has 1 aromatic heterocycles. The highest BCUT2D eigenvalue weighted by Gasteiger charge is 2.15. The number of benzene rings is 1. The molecule has 0 aliphatic heterocycles. The molecule has 1 aromatic carbocycles. The Kier molecular flexibility index (Phi) is 5.80. The fourth-order valence-corrected chi connectivity index (χ4v) is 2.03. The Morgan fingerprint density at radius 1 is 1.22 bits per heavy atom. The second-order valence-corrected chi connectivity index (χ2v) is 5.11. The molecule has 0 radical (unpaired) electrons. The van der Waals surface area contributed by atoms with E-state index in [1.54, 1.807) is 44.6 Å². The highest BCUT2D eigenvalue weighted by molar-refractivity contribution is 5.88. The third-order valence-electron chi connectivity index (χ3n) is 3.31. The number of hydrogen-bond donors (Lipinski definition) is 2. The van der Waals surface area contributed by atoms with Crippen LogP contribution >= 0.6 is 0 Å². The predicted molar refractivity (Wildman–Crippen MR) is 84.9 cm³/mol. The quantitative estimate of drug-likeness (QED) is 0.814. The van der Waals surface area contributed by atoms with Crippen molar-refractivity contribution in [2.75, 3.05) is 7.11 Å². The summed E-state index contributed by atoms with van der Waals surface area (Å²) in [5.41, 5.74) is 0.853. The number of rotatable bonds is 7. The summed E-state index contributed by atoms with van der Waals surface area (Å²) in [7, 11) is 1.59. The van der Waals surface area contributed by atoms with E-state index >= 15 is 0 Å². The number of nitrogens with one attached hydrogen (secondary N) is 2. The maximum Gasteiger partial charge on any atom is 0.242 e. The van der Waals surface area contributed by atoms with Gasteiger partial charge in [-0.05, 0) is 36.8 Å². The average molecular weight is 316 g/mol. The Labute approximate surface area is 134 Å². The van der Waals surface area contributed by atoms with Crippen LogP contribution in [0.2, 0.25) is 0 Å². The number of methoxy groups -OCH3 is 1. The van der Waals surface area contributed by atoms with E-state index in [1.807, 2.05) is 12.1 Å². The fraction of sp³-hybridized carbons (Fsp3) is 0.294. The van der Waals surface area contributed by atoms with Crippen LogP contribution in [0.4, 0.5) is 0 Å². The number of carbonyl (C=O) groups excluding carboxylic acids is 2. The molecule has 2 amide bonds. The van der Waals surface area contributed by atoms with Crippen LogP contribution in [0, 0.1) is 0 Å². The number of furan rings is 1. The molecule has 0 aliphatic carbocycles. The molecular formula is C17H20N2O4. The lowest BCUT2D eigenvalue weighted by Gasteiger charge is -2.13. The molecule has 6 heteroatoms. The average Bonchev–Trinajstić information content (AvgIpc) is 3.06. The highest BCUT2D eigenvalue weighted by atomic mass is 16.5. The van der Waals surface area contributed by atoms with Crippen LogP contribution < -0.4 is 15.4 Å². The van der Waals surface area contributed by atoms with Crippen molar-refractivity contribution < 1.29 is 18.7 Å². The van der Waals surface area contributed by atoms with Gasteiger partial charge < -0.3 is 19.8 Å². The molecular weight excluding hydrogens is 296 g/mol. The summed E-state index contributed by atoms with van der Waals surface area (Å²) in [6.45, 7) is 1.94. The van der Waals surface area contributed by atoms with Gasteiger partial charge in [0.1, 0.15) is 17.6 Å². The molecule has 6 nitrogen and oxygen atoms in total. The van der Waals surface area contributed by atoms with Gasteiger partial charge in [0.15, 0.2) is 0 Å². The molecule has 23 heavy (non-hydrogen) atoms. The van der Waals surface area contributed by atoms with Gasteiger partial charge >= 0.3 is 0 Å². The Morgan fingerprint density at radius 2 is 1.96 bits per heavy atom. The second kappa shape index (κ2) is 8.03. The summed E-state index contributed by atoms with van der Waals surface area (Å²) in [5.74, 6) is 0.926. The number of amides is 2. The number of carbonyl (C=O) groups is 2. The molecule has 2 rings (SSSR count). The first-order valence-electron chi connectivity index (χ1n) is 7.31. The van der Waals surface area contributed by atoms with Crippen molar-refractivity contribution in [1.82, 2.24) is 10.6 Å². The normalized spacial score (nSPS) is 11.6. The lowest BCUT2D eigenvalue weighted by Crippen LogP contribution is -2.45. The summed E-state index contributed by atoms with van der Waals surface area (Å²) < 4.78 is 10.2. The summed E-state index contributed by atoms with van der Waals surface area (Å²) in [6, 6.07) is 10.1. The summed E-state index contributed by atoms with van der Waals surface area (Å²) in [5, 5.41) is 5.38. The van der Waals surface area contributed by atoms with Crippen LogP contribution in [-0.4, -0.2) is 25.0 Å². The monoisotopic (exact) mass is 316 g/mol. The molecule has 0 bridgehead atoms. The molecule has 0 unspecified atom stereocenters. The first-order valence-corrected chi connectivity index (χ1v) is 7.31. The maximum absolute atomic E-state index is 12.0. The van der Waals surface area contributed by atoms with E-state index in [9.17, 15) is 9.59 Å². The van der Waals surface area contributed by atoms with Gasteiger partial charge in [0, 0.05) is 0 Å². The summed E-state index contributed by atoms with van der Waals surface area (Å²) >= 11 is 0. The largest absolute Gasteiger partial charge is 0.497 e. The van der Waals surface area contributed by atoms with Gasteiger partial charge in [-0.1, -0.05) is 12.1 Å². The van der Waals surface area contributed by atoms with Gasteiger partial charge in [-0.3, -0.25) is 9.59 Å². The summed E-state index contributed by atoms with van der Waals surface area (Å²) in [4.78, 5) is 23.9. The van der Waals surface area contributed by atoms with Crippen molar-refractivity contribution in [3.8, 4) is 5.75 Å². The van der Waals surface area contributed by atoms with Gasteiger partial charge in [0.2, 0.25) is 11.8 Å². The lowest BCUT2D eigenvalue weighted by molar-refractivity contribution is -0.128. The molecule has 0 spiro atoms. The topological polar surface area (TPSA) is 80.6 Å². The van der Waals surface area contributed by atoms with Crippen molar-refractivity contribution in [3.63, 3.8) is 0 Å². The molecule has 0 saturated carbocycles. The minimum absolute atomic E-state index is 0.208. The molecule has 0 fully saturated rings. The molecule has 2 N–H and O–H groups in total. The highest BCUT2D eigenvalue weighted by Crippen LogP contribution is 2.11. The van der Waals surface area contributed by atoms with Crippen LogP contribution in [0.15, 0.2) is 47.1 Å². The maximum atomic E-state index is 12.0. The van der Waals surface area contributed by atoms with Crippen molar-refractivity contribution in [1.29, 1.82) is 0 Å². The molecule has 0 saturated heterocycles. The van der Waals surface area contributed by atoms with Crippen LogP contribution in [0.1, 0.15) is 18.2 Å².